The molecule has 0 aliphatic rings. The topological polar surface area (TPSA) is 51.2 Å². The normalized spacial score (nSPS) is 11.8. The molecule has 1 rings (SSSR count). The van der Waals surface area contributed by atoms with E-state index < -0.39 is 15.6 Å². The molecule has 0 N–H and O–H groups in total. The van der Waals surface area contributed by atoms with Gasteiger partial charge in [0.05, 0.1) is 5.75 Å². The Bertz CT molecular complexity index is 521. The Morgan fingerprint density at radius 2 is 2.00 bits per heavy atom. The van der Waals surface area contributed by atoms with Crippen molar-refractivity contribution in [3.8, 4) is 0 Å². The fraction of sp³-hybridized carbons (Fsp3) is 0.462. The summed E-state index contributed by atoms with van der Waals surface area (Å²) in [6, 6.07) is 6.79. The number of hydrogen-bond acceptors (Lipinski definition) is 3. The molecule has 100 valence electrons. The van der Waals surface area contributed by atoms with E-state index in [9.17, 15) is 13.2 Å². The van der Waals surface area contributed by atoms with Gasteiger partial charge in [0.25, 0.3) is 0 Å². The highest BCUT2D eigenvalue weighted by Crippen LogP contribution is 2.13. The molecule has 0 heterocycles. The van der Waals surface area contributed by atoms with E-state index in [2.05, 4.69) is 15.9 Å². The summed E-state index contributed by atoms with van der Waals surface area (Å²) in [5, 5.41) is 0. The summed E-state index contributed by atoms with van der Waals surface area (Å²) in [6.07, 6.45) is 0.591. The Kier molecular flexibility index (Phi) is 5.53. The molecule has 1 aromatic carbocycles. The second kappa shape index (κ2) is 6.48. The Labute approximate surface area is 117 Å². The van der Waals surface area contributed by atoms with Crippen LogP contribution >= 0.6 is 15.9 Å². The largest absolute Gasteiger partial charge is 0.293 e. The number of rotatable bonds is 6. The lowest BCUT2D eigenvalue weighted by Gasteiger charge is -2.06. The molecule has 0 saturated heterocycles. The SMILES string of the molecule is CC(C)CCS(=O)(=O)CC(=O)c1cccc(Br)c1. The van der Waals surface area contributed by atoms with Crippen molar-refractivity contribution < 1.29 is 13.2 Å². The number of hydrogen-bond donors (Lipinski definition) is 0. The van der Waals surface area contributed by atoms with Gasteiger partial charge in [-0.15, -0.1) is 0 Å². The van der Waals surface area contributed by atoms with Crippen molar-refractivity contribution in [1.82, 2.24) is 0 Å². The van der Waals surface area contributed by atoms with Crippen LogP contribution in [-0.4, -0.2) is 25.7 Å². The maximum Gasteiger partial charge on any atom is 0.177 e. The monoisotopic (exact) mass is 332 g/mol. The van der Waals surface area contributed by atoms with Crippen molar-refractivity contribution in [2.75, 3.05) is 11.5 Å². The van der Waals surface area contributed by atoms with E-state index in [1.165, 1.54) is 0 Å². The van der Waals surface area contributed by atoms with Crippen LogP contribution in [0.1, 0.15) is 30.6 Å². The van der Waals surface area contributed by atoms with Gasteiger partial charge in [0.15, 0.2) is 15.6 Å². The quantitative estimate of drug-likeness (QED) is 0.752. The lowest BCUT2D eigenvalue weighted by molar-refractivity contribution is 0.102. The molecule has 3 nitrogen and oxygen atoms in total. The van der Waals surface area contributed by atoms with Crippen molar-refractivity contribution >= 4 is 31.6 Å². The highest BCUT2D eigenvalue weighted by Gasteiger charge is 2.18. The molecule has 5 heteroatoms. The minimum absolute atomic E-state index is 0.0738. The van der Waals surface area contributed by atoms with Crippen LogP contribution in [0.3, 0.4) is 0 Å². The van der Waals surface area contributed by atoms with Crippen molar-refractivity contribution in [2.45, 2.75) is 20.3 Å². The molecule has 0 aromatic heterocycles. The van der Waals surface area contributed by atoms with Crippen molar-refractivity contribution in [1.29, 1.82) is 0 Å². The van der Waals surface area contributed by atoms with E-state index >= 15 is 0 Å². The molecule has 0 aliphatic carbocycles. The Balaban J connectivity index is 2.70. The van der Waals surface area contributed by atoms with Gasteiger partial charge >= 0.3 is 0 Å². The van der Waals surface area contributed by atoms with E-state index in [0.29, 0.717) is 17.9 Å². The maximum absolute atomic E-state index is 11.9. The fourth-order valence-corrected chi connectivity index (χ4v) is 3.37. The number of sulfone groups is 1. The summed E-state index contributed by atoms with van der Waals surface area (Å²) in [5.41, 5.74) is 0.428. The molecule has 1 aromatic rings. The maximum atomic E-state index is 11.9. The van der Waals surface area contributed by atoms with Gasteiger partial charge in [0, 0.05) is 10.0 Å². The third-order valence-corrected chi connectivity index (χ3v) is 4.56. The number of halogens is 1. The van der Waals surface area contributed by atoms with Gasteiger partial charge < -0.3 is 0 Å². The van der Waals surface area contributed by atoms with Crippen LogP contribution in [0.25, 0.3) is 0 Å². The smallest absolute Gasteiger partial charge is 0.177 e. The van der Waals surface area contributed by atoms with E-state index in [4.69, 9.17) is 0 Å². The van der Waals surface area contributed by atoms with Crippen LogP contribution in [0, 0.1) is 5.92 Å². The summed E-state index contributed by atoms with van der Waals surface area (Å²) in [4.78, 5) is 11.9. The average Bonchev–Trinajstić information content (AvgIpc) is 2.26. The van der Waals surface area contributed by atoms with Crippen LogP contribution in [0.4, 0.5) is 0 Å². The van der Waals surface area contributed by atoms with Gasteiger partial charge in [0.2, 0.25) is 0 Å². The van der Waals surface area contributed by atoms with Crippen LogP contribution in [0.5, 0.6) is 0 Å². The zero-order valence-electron chi connectivity index (χ0n) is 10.5. The molecule has 0 radical (unpaired) electrons. The zero-order valence-corrected chi connectivity index (χ0v) is 12.9. The molecule has 18 heavy (non-hydrogen) atoms. The predicted octanol–water partition coefficient (Wildman–Crippen LogP) is 3.09. The minimum Gasteiger partial charge on any atom is -0.293 e. The molecule has 0 amide bonds. The molecule has 0 aliphatic heterocycles. The van der Waals surface area contributed by atoms with E-state index in [1.54, 1.807) is 24.3 Å². The minimum atomic E-state index is -3.30. The third-order valence-electron chi connectivity index (χ3n) is 2.50. The summed E-state index contributed by atoms with van der Waals surface area (Å²) in [5.74, 6) is -0.360. The van der Waals surface area contributed by atoms with Gasteiger partial charge in [0.1, 0.15) is 5.75 Å². The average molecular weight is 333 g/mol. The molecule has 0 saturated carbocycles. The van der Waals surface area contributed by atoms with Gasteiger partial charge in [-0.25, -0.2) is 8.42 Å². The number of carbonyl (C=O) groups excluding carboxylic acids is 1. The standard InChI is InChI=1S/C13H17BrO3S/c1-10(2)6-7-18(16,17)9-13(15)11-4-3-5-12(14)8-11/h3-5,8,10H,6-7,9H2,1-2H3. The van der Waals surface area contributed by atoms with Gasteiger partial charge in [-0.1, -0.05) is 41.9 Å². The molecule has 0 bridgehead atoms. The van der Waals surface area contributed by atoms with E-state index in [-0.39, 0.29) is 11.5 Å². The van der Waals surface area contributed by atoms with E-state index in [0.717, 1.165) is 4.47 Å². The molecular formula is C13H17BrO3S. The third kappa shape index (κ3) is 5.31. The fourth-order valence-electron chi connectivity index (χ4n) is 1.43. The van der Waals surface area contributed by atoms with Crippen molar-refractivity contribution in [2.24, 2.45) is 5.92 Å². The lowest BCUT2D eigenvalue weighted by Crippen LogP contribution is -2.20. The lowest BCUT2D eigenvalue weighted by atomic mass is 10.1. The Morgan fingerprint density at radius 3 is 2.56 bits per heavy atom. The molecule has 0 unspecified atom stereocenters. The van der Waals surface area contributed by atoms with Crippen molar-refractivity contribution in [3.63, 3.8) is 0 Å². The van der Waals surface area contributed by atoms with E-state index in [1.807, 2.05) is 13.8 Å². The second-order valence-corrected chi connectivity index (χ2v) is 7.81. The summed E-state index contributed by atoms with van der Waals surface area (Å²) in [6.45, 7) is 3.93. The Morgan fingerprint density at radius 1 is 1.33 bits per heavy atom. The number of carbonyl (C=O) groups is 1. The second-order valence-electron chi connectivity index (χ2n) is 4.71. The first-order valence-corrected chi connectivity index (χ1v) is 8.41. The zero-order chi connectivity index (χ0) is 13.8. The number of benzene rings is 1. The van der Waals surface area contributed by atoms with Gasteiger partial charge in [-0.2, -0.15) is 0 Å². The molecular weight excluding hydrogens is 316 g/mol. The predicted molar refractivity (Wildman–Crippen MR) is 76.6 cm³/mol. The first-order valence-electron chi connectivity index (χ1n) is 5.79. The number of ketones is 1. The first-order chi connectivity index (χ1) is 8.30. The molecule has 0 fully saturated rings. The highest BCUT2D eigenvalue weighted by molar-refractivity contribution is 9.10. The first kappa shape index (κ1) is 15.4. The van der Waals surface area contributed by atoms with Gasteiger partial charge in [-0.05, 0) is 24.5 Å². The number of Topliss-reactive ketones (excluding diaryl/α,β-unsaturated/α-hetero) is 1. The van der Waals surface area contributed by atoms with Crippen LogP contribution in [0.2, 0.25) is 0 Å². The van der Waals surface area contributed by atoms with Crippen LogP contribution in [0.15, 0.2) is 28.7 Å². The highest BCUT2D eigenvalue weighted by atomic mass is 79.9. The van der Waals surface area contributed by atoms with Crippen molar-refractivity contribution in [3.05, 3.63) is 34.3 Å². The Hall–Kier alpha value is -0.680. The summed E-state index contributed by atoms with van der Waals surface area (Å²) >= 11 is 3.26. The van der Waals surface area contributed by atoms with Crippen LogP contribution in [-0.2, 0) is 9.84 Å². The summed E-state index contributed by atoms with van der Waals surface area (Å²) in [7, 11) is -3.30. The van der Waals surface area contributed by atoms with Crippen LogP contribution < -0.4 is 0 Å². The molecule has 0 spiro atoms. The van der Waals surface area contributed by atoms with Gasteiger partial charge in [-0.3, -0.25) is 4.79 Å². The summed E-state index contributed by atoms with van der Waals surface area (Å²) < 4.78 is 24.3. The molecule has 0 atom stereocenters.